The fourth-order valence-electron chi connectivity index (χ4n) is 2.72. The molecular formula is C20H25NO3. The van der Waals surface area contributed by atoms with Crippen LogP contribution < -0.4 is 4.74 Å². The molecule has 0 radical (unpaired) electrons. The molecular weight excluding hydrogens is 302 g/mol. The first-order valence-electron chi connectivity index (χ1n) is 8.71. The van der Waals surface area contributed by atoms with Gasteiger partial charge in [0.05, 0.1) is 4.92 Å². The third-order valence-corrected chi connectivity index (χ3v) is 4.05. The monoisotopic (exact) mass is 327 g/mol. The summed E-state index contributed by atoms with van der Waals surface area (Å²) in [5.74, 6) is 0.998. The van der Waals surface area contributed by atoms with Crippen LogP contribution in [0, 0.1) is 10.1 Å². The summed E-state index contributed by atoms with van der Waals surface area (Å²) in [6, 6.07) is 14.3. The lowest BCUT2D eigenvalue weighted by atomic mass is 10.0. The van der Waals surface area contributed by atoms with Crippen molar-refractivity contribution in [2.45, 2.75) is 51.9 Å². The van der Waals surface area contributed by atoms with Crippen molar-refractivity contribution in [1.82, 2.24) is 0 Å². The SMILES string of the molecule is CCCCCCCCc1ccccc1Oc1ccccc1[N+](=O)[O-]. The van der Waals surface area contributed by atoms with Crippen LogP contribution in [0.4, 0.5) is 5.69 Å². The Bertz CT molecular complexity index is 655. The molecule has 4 nitrogen and oxygen atoms in total. The van der Waals surface area contributed by atoms with Gasteiger partial charge < -0.3 is 4.74 Å². The normalized spacial score (nSPS) is 10.5. The molecule has 0 bridgehead atoms. The highest BCUT2D eigenvalue weighted by Crippen LogP contribution is 2.33. The zero-order chi connectivity index (χ0) is 17.2. The van der Waals surface area contributed by atoms with Crippen molar-refractivity contribution >= 4 is 5.69 Å². The van der Waals surface area contributed by atoms with Crippen LogP contribution in [-0.2, 0) is 6.42 Å². The van der Waals surface area contributed by atoms with Gasteiger partial charge in [-0.2, -0.15) is 0 Å². The number of hydrogen-bond donors (Lipinski definition) is 0. The van der Waals surface area contributed by atoms with Gasteiger partial charge >= 0.3 is 5.69 Å². The van der Waals surface area contributed by atoms with Gasteiger partial charge in [0.1, 0.15) is 5.75 Å². The molecule has 2 aromatic carbocycles. The predicted molar refractivity (Wildman–Crippen MR) is 96.7 cm³/mol. The summed E-state index contributed by atoms with van der Waals surface area (Å²) in [7, 11) is 0. The lowest BCUT2D eigenvalue weighted by Gasteiger charge is -2.11. The summed E-state index contributed by atoms with van der Waals surface area (Å²) in [5.41, 5.74) is 1.10. The Hall–Kier alpha value is -2.36. The molecule has 0 unspecified atom stereocenters. The first-order chi connectivity index (χ1) is 11.7. The number of benzene rings is 2. The van der Waals surface area contributed by atoms with E-state index in [9.17, 15) is 10.1 Å². The molecule has 0 aliphatic heterocycles. The van der Waals surface area contributed by atoms with E-state index in [1.807, 2.05) is 24.3 Å². The molecule has 0 amide bonds. The molecule has 2 rings (SSSR count). The topological polar surface area (TPSA) is 52.4 Å². The highest BCUT2D eigenvalue weighted by molar-refractivity contribution is 5.49. The maximum Gasteiger partial charge on any atom is 0.311 e. The van der Waals surface area contributed by atoms with E-state index in [2.05, 4.69) is 6.92 Å². The van der Waals surface area contributed by atoms with Gasteiger partial charge in [0, 0.05) is 6.07 Å². The zero-order valence-corrected chi connectivity index (χ0v) is 14.2. The summed E-state index contributed by atoms with van der Waals surface area (Å²) in [5, 5.41) is 11.1. The first kappa shape index (κ1) is 18.0. The van der Waals surface area contributed by atoms with Crippen molar-refractivity contribution in [2.75, 3.05) is 0 Å². The Morgan fingerprint density at radius 3 is 2.25 bits per heavy atom. The molecule has 0 atom stereocenters. The molecule has 0 spiro atoms. The van der Waals surface area contributed by atoms with Gasteiger partial charge in [0.15, 0.2) is 0 Å². The van der Waals surface area contributed by atoms with Crippen molar-refractivity contribution in [3.63, 3.8) is 0 Å². The van der Waals surface area contributed by atoms with Crippen molar-refractivity contribution in [2.24, 2.45) is 0 Å². The van der Waals surface area contributed by atoms with Crippen LogP contribution in [-0.4, -0.2) is 4.92 Å². The molecule has 24 heavy (non-hydrogen) atoms. The molecule has 0 fully saturated rings. The first-order valence-corrected chi connectivity index (χ1v) is 8.71. The van der Waals surface area contributed by atoms with Crippen molar-refractivity contribution in [1.29, 1.82) is 0 Å². The van der Waals surface area contributed by atoms with E-state index in [1.165, 1.54) is 38.2 Å². The minimum Gasteiger partial charge on any atom is -0.450 e. The van der Waals surface area contributed by atoms with Gasteiger partial charge in [-0.05, 0) is 30.5 Å². The Labute approximate surface area is 143 Å². The molecule has 0 aliphatic carbocycles. The fourth-order valence-corrected chi connectivity index (χ4v) is 2.72. The van der Waals surface area contributed by atoms with Gasteiger partial charge in [-0.1, -0.05) is 69.4 Å². The number of hydrogen-bond acceptors (Lipinski definition) is 3. The van der Waals surface area contributed by atoms with E-state index in [0.29, 0.717) is 5.75 Å². The third kappa shape index (κ3) is 5.37. The Kier molecular flexibility index (Phi) is 7.27. The Morgan fingerprint density at radius 1 is 0.875 bits per heavy atom. The van der Waals surface area contributed by atoms with E-state index in [0.717, 1.165) is 18.4 Å². The minimum absolute atomic E-state index is 0.00753. The molecule has 0 saturated heterocycles. The molecule has 0 heterocycles. The summed E-state index contributed by atoms with van der Waals surface area (Å²) in [6.45, 7) is 2.22. The largest absolute Gasteiger partial charge is 0.450 e. The summed E-state index contributed by atoms with van der Waals surface area (Å²) in [4.78, 5) is 10.7. The van der Waals surface area contributed by atoms with Gasteiger partial charge in [0.25, 0.3) is 0 Å². The quantitative estimate of drug-likeness (QED) is 0.293. The number of rotatable bonds is 10. The smallest absolute Gasteiger partial charge is 0.311 e. The average molecular weight is 327 g/mol. The predicted octanol–water partition coefficient (Wildman–Crippen LogP) is 6.29. The molecule has 128 valence electrons. The van der Waals surface area contributed by atoms with Gasteiger partial charge in [0.2, 0.25) is 5.75 Å². The third-order valence-electron chi connectivity index (χ3n) is 4.05. The van der Waals surface area contributed by atoms with E-state index in [-0.39, 0.29) is 11.4 Å². The number of para-hydroxylation sites is 3. The van der Waals surface area contributed by atoms with Crippen LogP contribution in [0.15, 0.2) is 48.5 Å². The molecule has 0 aromatic heterocycles. The second kappa shape index (κ2) is 9.71. The molecule has 0 saturated carbocycles. The maximum absolute atomic E-state index is 11.1. The number of nitro groups is 1. The number of nitro benzene ring substituents is 1. The van der Waals surface area contributed by atoms with Gasteiger partial charge in [-0.15, -0.1) is 0 Å². The van der Waals surface area contributed by atoms with Gasteiger partial charge in [-0.25, -0.2) is 0 Å². The molecule has 0 aliphatic rings. The van der Waals surface area contributed by atoms with Crippen molar-refractivity contribution < 1.29 is 9.66 Å². The second-order valence-corrected chi connectivity index (χ2v) is 5.95. The van der Waals surface area contributed by atoms with Crippen LogP contribution in [0.25, 0.3) is 0 Å². The summed E-state index contributed by atoms with van der Waals surface area (Å²) in [6.07, 6.45) is 8.37. The van der Waals surface area contributed by atoms with Crippen molar-refractivity contribution in [3.8, 4) is 11.5 Å². The lowest BCUT2D eigenvalue weighted by molar-refractivity contribution is -0.385. The number of unbranched alkanes of at least 4 members (excludes halogenated alkanes) is 5. The molecule has 2 aromatic rings. The van der Waals surface area contributed by atoms with E-state index in [1.54, 1.807) is 18.2 Å². The summed E-state index contributed by atoms with van der Waals surface area (Å²) < 4.78 is 5.86. The van der Waals surface area contributed by atoms with Crippen LogP contribution in [0.3, 0.4) is 0 Å². The maximum atomic E-state index is 11.1. The van der Waals surface area contributed by atoms with E-state index >= 15 is 0 Å². The lowest BCUT2D eigenvalue weighted by Crippen LogP contribution is -1.96. The van der Waals surface area contributed by atoms with Crippen LogP contribution in [0.2, 0.25) is 0 Å². The Morgan fingerprint density at radius 2 is 1.50 bits per heavy atom. The Balaban J connectivity index is 2.00. The molecule has 4 heteroatoms. The standard InChI is InChI=1S/C20H25NO3/c1-2-3-4-5-6-7-12-17-13-8-10-15-19(17)24-20-16-11-9-14-18(20)21(22)23/h8-11,13-16H,2-7,12H2,1H3. The zero-order valence-electron chi connectivity index (χ0n) is 14.2. The summed E-state index contributed by atoms with van der Waals surface area (Å²) >= 11 is 0. The van der Waals surface area contributed by atoms with Crippen LogP contribution in [0.1, 0.15) is 51.0 Å². The number of nitrogens with zero attached hydrogens (tertiary/aromatic N) is 1. The van der Waals surface area contributed by atoms with Gasteiger partial charge in [-0.3, -0.25) is 10.1 Å². The molecule has 0 N–H and O–H groups in total. The fraction of sp³-hybridized carbons (Fsp3) is 0.400. The van der Waals surface area contributed by atoms with Crippen LogP contribution in [0.5, 0.6) is 11.5 Å². The minimum atomic E-state index is -0.411. The highest BCUT2D eigenvalue weighted by atomic mass is 16.6. The van der Waals surface area contributed by atoms with Crippen LogP contribution >= 0.6 is 0 Å². The average Bonchev–Trinajstić information content (AvgIpc) is 2.59. The van der Waals surface area contributed by atoms with Crippen molar-refractivity contribution in [3.05, 3.63) is 64.2 Å². The second-order valence-electron chi connectivity index (χ2n) is 5.95. The van der Waals surface area contributed by atoms with E-state index in [4.69, 9.17) is 4.74 Å². The number of ether oxygens (including phenoxy) is 1. The highest BCUT2D eigenvalue weighted by Gasteiger charge is 2.15. The number of aryl methyl sites for hydroxylation is 1. The van der Waals surface area contributed by atoms with E-state index < -0.39 is 4.92 Å².